The number of carbonyl (C=O) groups excluding carboxylic acids is 2. The van der Waals surface area contributed by atoms with Crippen molar-refractivity contribution in [2.75, 3.05) is 13.2 Å². The summed E-state index contributed by atoms with van der Waals surface area (Å²) < 4.78 is 33.3. The highest BCUT2D eigenvalue weighted by molar-refractivity contribution is 7.47. The van der Waals surface area contributed by atoms with Crippen LogP contribution >= 0.6 is 7.82 Å². The Morgan fingerprint density at radius 1 is 0.566 bits per heavy atom. The number of esters is 2. The monoisotopic (exact) mass is 780 g/mol. The third-order valence-electron chi connectivity index (χ3n) is 9.61. The zero-order chi connectivity index (χ0) is 39.3. The van der Waals surface area contributed by atoms with E-state index < -0.39 is 75.7 Å². The van der Waals surface area contributed by atoms with Crippen molar-refractivity contribution in [3.05, 3.63) is 12.2 Å². The van der Waals surface area contributed by atoms with E-state index in [1.807, 2.05) is 0 Å². The summed E-state index contributed by atoms with van der Waals surface area (Å²) in [6, 6.07) is 0. The first kappa shape index (κ1) is 49.6. The van der Waals surface area contributed by atoms with Gasteiger partial charge < -0.3 is 39.9 Å². The summed E-state index contributed by atoms with van der Waals surface area (Å²) >= 11 is 0. The van der Waals surface area contributed by atoms with Gasteiger partial charge in [0, 0.05) is 12.8 Å². The topological polar surface area (TPSA) is 210 Å². The second-order valence-electron chi connectivity index (χ2n) is 14.5. The van der Waals surface area contributed by atoms with Gasteiger partial charge in [-0.2, -0.15) is 0 Å². The molecule has 1 rings (SSSR count). The van der Waals surface area contributed by atoms with Gasteiger partial charge in [-0.15, -0.1) is 0 Å². The minimum absolute atomic E-state index is 0.0983. The van der Waals surface area contributed by atoms with Gasteiger partial charge in [-0.05, 0) is 38.5 Å². The van der Waals surface area contributed by atoms with E-state index in [1.54, 1.807) is 0 Å². The average Bonchev–Trinajstić information content (AvgIpc) is 3.13. The minimum Gasteiger partial charge on any atom is -0.462 e. The average molecular weight is 781 g/mol. The molecule has 0 heterocycles. The maximum atomic E-state index is 12.7. The van der Waals surface area contributed by atoms with E-state index in [1.165, 1.54) is 64.2 Å². The van der Waals surface area contributed by atoms with E-state index in [9.17, 15) is 44.6 Å². The number of aliphatic hydroxyl groups excluding tert-OH is 5. The van der Waals surface area contributed by atoms with Crippen molar-refractivity contribution in [3.8, 4) is 0 Å². The number of ether oxygens (including phenoxy) is 2. The quantitative estimate of drug-likeness (QED) is 0.0177. The molecule has 1 saturated carbocycles. The van der Waals surface area contributed by atoms with Gasteiger partial charge in [-0.3, -0.25) is 18.6 Å². The van der Waals surface area contributed by atoms with Crippen LogP contribution in [-0.4, -0.2) is 98.3 Å². The molecule has 6 unspecified atom stereocenters. The smallest absolute Gasteiger partial charge is 0.462 e. The van der Waals surface area contributed by atoms with Crippen LogP contribution in [-0.2, 0) is 32.7 Å². The molecule has 0 amide bonds. The summed E-state index contributed by atoms with van der Waals surface area (Å²) in [5.74, 6) is -1.11. The van der Waals surface area contributed by atoms with Crippen molar-refractivity contribution in [3.63, 3.8) is 0 Å². The Bertz CT molecular complexity index is 996. The molecule has 6 N–H and O–H groups in total. The summed E-state index contributed by atoms with van der Waals surface area (Å²) in [6.45, 7) is 3.23. The first-order chi connectivity index (χ1) is 25.4. The SMILES string of the molecule is CCCCCCCC/C=C\CCCCCCCC(=O)OC[C@H](COP(=O)(O)OC1C(O)C(O)C(O)[C@@H](O)C1O)OC(=O)CCCCCCCCCCC. The fourth-order valence-corrected chi connectivity index (χ4v) is 7.19. The van der Waals surface area contributed by atoms with Crippen LogP contribution in [0.5, 0.6) is 0 Å². The molecule has 312 valence electrons. The maximum absolute atomic E-state index is 12.7. The summed E-state index contributed by atoms with van der Waals surface area (Å²) in [5, 5.41) is 49.9. The molecular formula is C39H73O13P. The van der Waals surface area contributed by atoms with Crippen LogP contribution in [0.1, 0.15) is 168 Å². The third-order valence-corrected chi connectivity index (χ3v) is 10.6. The lowest BCUT2D eigenvalue weighted by Crippen LogP contribution is -2.64. The van der Waals surface area contributed by atoms with Crippen molar-refractivity contribution < 1.29 is 63.1 Å². The van der Waals surface area contributed by atoms with Crippen LogP contribution in [0.25, 0.3) is 0 Å². The fraction of sp³-hybridized carbons (Fsp3) is 0.897. The lowest BCUT2D eigenvalue weighted by atomic mass is 9.85. The number of carbonyl (C=O) groups is 2. The molecule has 14 heteroatoms. The van der Waals surface area contributed by atoms with Crippen molar-refractivity contribution in [2.45, 2.75) is 211 Å². The molecule has 0 spiro atoms. The van der Waals surface area contributed by atoms with Crippen LogP contribution in [0, 0.1) is 0 Å². The maximum Gasteiger partial charge on any atom is 0.472 e. The molecule has 53 heavy (non-hydrogen) atoms. The highest BCUT2D eigenvalue weighted by atomic mass is 31.2. The van der Waals surface area contributed by atoms with E-state index in [4.69, 9.17) is 18.5 Å². The Morgan fingerprint density at radius 2 is 0.962 bits per heavy atom. The Hall–Kier alpha value is -1.41. The van der Waals surface area contributed by atoms with E-state index >= 15 is 0 Å². The van der Waals surface area contributed by atoms with Gasteiger partial charge in [0.2, 0.25) is 0 Å². The predicted octanol–water partition coefficient (Wildman–Crippen LogP) is 6.72. The molecule has 0 aromatic rings. The Balaban J connectivity index is 2.49. The van der Waals surface area contributed by atoms with Gasteiger partial charge >= 0.3 is 19.8 Å². The number of rotatable bonds is 33. The van der Waals surface area contributed by atoms with Crippen LogP contribution < -0.4 is 0 Å². The number of hydrogen-bond acceptors (Lipinski definition) is 12. The van der Waals surface area contributed by atoms with Crippen LogP contribution in [0.3, 0.4) is 0 Å². The number of aliphatic hydroxyl groups is 5. The van der Waals surface area contributed by atoms with Gasteiger partial charge in [-0.1, -0.05) is 129 Å². The number of allylic oxidation sites excluding steroid dienone is 2. The van der Waals surface area contributed by atoms with Crippen molar-refractivity contribution in [2.24, 2.45) is 0 Å². The molecule has 13 nitrogen and oxygen atoms in total. The number of phosphoric ester groups is 1. The van der Waals surface area contributed by atoms with Gasteiger partial charge in [0.1, 0.15) is 43.2 Å². The second kappa shape index (κ2) is 30.8. The summed E-state index contributed by atoms with van der Waals surface area (Å²) in [6.07, 6.45) is 15.8. The van der Waals surface area contributed by atoms with E-state index in [0.717, 1.165) is 64.2 Å². The third kappa shape index (κ3) is 24.0. The molecule has 1 aliphatic carbocycles. The van der Waals surface area contributed by atoms with Crippen molar-refractivity contribution in [1.82, 2.24) is 0 Å². The number of phosphoric acid groups is 1. The minimum atomic E-state index is -5.10. The van der Waals surface area contributed by atoms with E-state index in [-0.39, 0.29) is 12.8 Å². The van der Waals surface area contributed by atoms with Gasteiger partial charge in [0.25, 0.3) is 0 Å². The first-order valence-corrected chi connectivity index (χ1v) is 22.0. The largest absolute Gasteiger partial charge is 0.472 e. The lowest BCUT2D eigenvalue weighted by molar-refractivity contribution is -0.220. The first-order valence-electron chi connectivity index (χ1n) is 20.5. The van der Waals surface area contributed by atoms with E-state index in [0.29, 0.717) is 12.8 Å². The van der Waals surface area contributed by atoms with Crippen LogP contribution in [0.2, 0.25) is 0 Å². The molecule has 0 radical (unpaired) electrons. The zero-order valence-corrected chi connectivity index (χ0v) is 33.5. The normalized spacial score (nSPS) is 23.5. The molecule has 1 fully saturated rings. The van der Waals surface area contributed by atoms with E-state index in [2.05, 4.69) is 26.0 Å². The highest BCUT2D eigenvalue weighted by Gasteiger charge is 2.51. The van der Waals surface area contributed by atoms with Gasteiger partial charge in [-0.25, -0.2) is 4.57 Å². The molecule has 0 bridgehead atoms. The molecule has 0 aliphatic heterocycles. The molecule has 8 atom stereocenters. The summed E-state index contributed by atoms with van der Waals surface area (Å²) in [7, 11) is -5.10. The number of hydrogen-bond donors (Lipinski definition) is 6. The molecule has 0 aromatic carbocycles. The fourth-order valence-electron chi connectivity index (χ4n) is 6.22. The molecule has 0 saturated heterocycles. The van der Waals surface area contributed by atoms with Gasteiger partial charge in [0.05, 0.1) is 6.61 Å². The Kier molecular flexibility index (Phi) is 28.8. The highest BCUT2D eigenvalue weighted by Crippen LogP contribution is 2.47. The van der Waals surface area contributed by atoms with Crippen LogP contribution in [0.15, 0.2) is 12.2 Å². The Labute approximate surface area is 318 Å². The summed E-state index contributed by atoms with van der Waals surface area (Å²) in [4.78, 5) is 35.4. The van der Waals surface area contributed by atoms with Crippen molar-refractivity contribution >= 4 is 19.8 Å². The Morgan fingerprint density at radius 3 is 1.43 bits per heavy atom. The molecule has 0 aromatic heterocycles. The summed E-state index contributed by atoms with van der Waals surface area (Å²) in [5.41, 5.74) is 0. The molecular weight excluding hydrogens is 707 g/mol. The second-order valence-corrected chi connectivity index (χ2v) is 15.9. The lowest BCUT2D eigenvalue weighted by Gasteiger charge is -2.41. The zero-order valence-electron chi connectivity index (χ0n) is 32.6. The van der Waals surface area contributed by atoms with Crippen LogP contribution in [0.4, 0.5) is 0 Å². The standard InChI is InChI=1S/C39H73O13P/c1-3-5-7-9-11-13-14-15-16-17-18-20-21-23-25-27-32(40)49-29-31(51-33(41)28-26-24-22-19-12-10-8-6-4-2)30-50-53(47,48)52-39-37(45)35(43)34(42)36(44)38(39)46/h15-16,31,34-39,42-46H,3-14,17-30H2,1-2H3,(H,47,48)/b16-15-/t31-,34?,35-,36?,37?,38?,39?/m1/s1. The predicted molar refractivity (Wildman–Crippen MR) is 203 cm³/mol. The van der Waals surface area contributed by atoms with Crippen molar-refractivity contribution in [1.29, 1.82) is 0 Å². The number of unbranched alkanes of at least 4 members (excludes halogenated alkanes) is 19. The van der Waals surface area contributed by atoms with Gasteiger partial charge in [0.15, 0.2) is 6.10 Å². The molecule has 1 aliphatic rings.